The molecule has 7 heteroatoms. The van der Waals surface area contributed by atoms with Gasteiger partial charge in [-0.05, 0) is 36.2 Å². The highest BCUT2D eigenvalue weighted by Crippen LogP contribution is 2.12. The van der Waals surface area contributed by atoms with E-state index in [1.54, 1.807) is 42.5 Å². The summed E-state index contributed by atoms with van der Waals surface area (Å²) in [6.07, 6.45) is 1.46. The van der Waals surface area contributed by atoms with Crippen molar-refractivity contribution in [1.82, 2.24) is 10.7 Å². The van der Waals surface area contributed by atoms with Crippen LogP contribution >= 0.6 is 23.2 Å². The Morgan fingerprint density at radius 2 is 1.69 bits per heavy atom. The van der Waals surface area contributed by atoms with Crippen LogP contribution in [-0.4, -0.2) is 24.1 Å². The number of nitrogens with zero attached hydrogens (tertiary/aromatic N) is 1. The first-order valence-electron chi connectivity index (χ1n) is 8.02. The van der Waals surface area contributed by atoms with Gasteiger partial charge >= 0.3 is 0 Å². The molecular formula is C19H19Cl2N3O2. The molecule has 0 saturated carbocycles. The van der Waals surface area contributed by atoms with E-state index in [1.165, 1.54) is 6.21 Å². The van der Waals surface area contributed by atoms with Gasteiger partial charge in [-0.15, -0.1) is 0 Å². The van der Waals surface area contributed by atoms with Gasteiger partial charge in [0.1, 0.15) is 6.04 Å². The molecule has 2 aromatic rings. The van der Waals surface area contributed by atoms with E-state index in [9.17, 15) is 9.59 Å². The van der Waals surface area contributed by atoms with Crippen molar-refractivity contribution < 1.29 is 9.59 Å². The Balaban J connectivity index is 2.02. The van der Waals surface area contributed by atoms with E-state index < -0.39 is 11.9 Å². The van der Waals surface area contributed by atoms with Crippen molar-refractivity contribution in [2.75, 3.05) is 0 Å². The normalized spacial score (nSPS) is 12.2. The molecule has 0 fully saturated rings. The van der Waals surface area contributed by atoms with Gasteiger partial charge < -0.3 is 5.32 Å². The Bertz CT molecular complexity index is 805. The van der Waals surface area contributed by atoms with E-state index >= 15 is 0 Å². The molecule has 2 aromatic carbocycles. The summed E-state index contributed by atoms with van der Waals surface area (Å²) in [5, 5.41) is 7.70. The van der Waals surface area contributed by atoms with Crippen molar-refractivity contribution >= 4 is 41.2 Å². The maximum absolute atomic E-state index is 12.4. The topological polar surface area (TPSA) is 70.6 Å². The lowest BCUT2D eigenvalue weighted by Gasteiger charge is -2.20. The van der Waals surface area contributed by atoms with Gasteiger partial charge in [0.05, 0.1) is 6.21 Å². The molecule has 5 nitrogen and oxygen atoms in total. The maximum atomic E-state index is 12.4. The lowest BCUT2D eigenvalue weighted by atomic mass is 10.0. The second-order valence-electron chi connectivity index (χ2n) is 5.96. The van der Waals surface area contributed by atoms with E-state index in [0.717, 1.165) is 0 Å². The third kappa shape index (κ3) is 5.58. The number of hydrazone groups is 1. The third-order valence-corrected chi connectivity index (χ3v) is 4.22. The number of carbonyl (C=O) groups excluding carboxylic acids is 2. The molecule has 0 aliphatic carbocycles. The Morgan fingerprint density at radius 3 is 2.31 bits per heavy atom. The van der Waals surface area contributed by atoms with Crippen LogP contribution in [0.3, 0.4) is 0 Å². The van der Waals surface area contributed by atoms with Gasteiger partial charge in [-0.2, -0.15) is 5.10 Å². The van der Waals surface area contributed by atoms with Crippen LogP contribution in [0.25, 0.3) is 0 Å². The number of hydrogen-bond donors (Lipinski definition) is 2. The van der Waals surface area contributed by atoms with Gasteiger partial charge in [0, 0.05) is 21.2 Å². The molecule has 1 unspecified atom stereocenters. The summed E-state index contributed by atoms with van der Waals surface area (Å²) in [6.45, 7) is 3.67. The Morgan fingerprint density at radius 1 is 1.04 bits per heavy atom. The molecule has 0 aliphatic heterocycles. The highest BCUT2D eigenvalue weighted by Gasteiger charge is 2.24. The van der Waals surface area contributed by atoms with E-state index in [2.05, 4.69) is 15.8 Å². The fourth-order valence-electron chi connectivity index (χ4n) is 2.18. The first-order chi connectivity index (χ1) is 12.4. The van der Waals surface area contributed by atoms with Crippen LogP contribution in [0.15, 0.2) is 53.6 Å². The minimum atomic E-state index is -0.735. The molecule has 0 spiro atoms. The highest BCUT2D eigenvalue weighted by atomic mass is 35.5. The smallest absolute Gasteiger partial charge is 0.262 e. The van der Waals surface area contributed by atoms with Gasteiger partial charge in [-0.1, -0.05) is 55.2 Å². The second-order valence-corrected chi connectivity index (χ2v) is 6.80. The summed E-state index contributed by atoms with van der Waals surface area (Å²) in [7, 11) is 0. The molecule has 136 valence electrons. The van der Waals surface area contributed by atoms with Crippen molar-refractivity contribution in [1.29, 1.82) is 0 Å². The van der Waals surface area contributed by atoms with Crippen LogP contribution < -0.4 is 10.7 Å². The number of amides is 2. The number of carbonyl (C=O) groups is 2. The molecule has 0 bridgehead atoms. The largest absolute Gasteiger partial charge is 0.340 e. The fourth-order valence-corrected chi connectivity index (χ4v) is 2.49. The van der Waals surface area contributed by atoms with Crippen LogP contribution in [0.5, 0.6) is 0 Å². The number of rotatable bonds is 6. The summed E-state index contributed by atoms with van der Waals surface area (Å²) in [5.41, 5.74) is 3.55. The van der Waals surface area contributed by atoms with Crippen molar-refractivity contribution in [3.8, 4) is 0 Å². The molecule has 0 heterocycles. The van der Waals surface area contributed by atoms with Crippen LogP contribution in [0.4, 0.5) is 0 Å². The predicted molar refractivity (Wildman–Crippen MR) is 105 cm³/mol. The minimum absolute atomic E-state index is 0.123. The van der Waals surface area contributed by atoms with Gasteiger partial charge in [0.15, 0.2) is 0 Å². The van der Waals surface area contributed by atoms with E-state index in [1.807, 2.05) is 19.9 Å². The second kappa shape index (κ2) is 9.36. The van der Waals surface area contributed by atoms with Crippen molar-refractivity contribution in [2.45, 2.75) is 19.9 Å². The van der Waals surface area contributed by atoms with Crippen LogP contribution in [0.2, 0.25) is 10.0 Å². The molecule has 0 radical (unpaired) electrons. The molecule has 0 aliphatic rings. The molecule has 2 amide bonds. The van der Waals surface area contributed by atoms with Crippen LogP contribution in [0, 0.1) is 5.92 Å². The third-order valence-electron chi connectivity index (χ3n) is 3.63. The lowest BCUT2D eigenvalue weighted by molar-refractivity contribution is -0.123. The zero-order chi connectivity index (χ0) is 19.1. The predicted octanol–water partition coefficient (Wildman–Crippen LogP) is 3.90. The number of hydrogen-bond acceptors (Lipinski definition) is 3. The number of nitrogens with one attached hydrogen (secondary N) is 2. The van der Waals surface area contributed by atoms with Crippen LogP contribution in [0.1, 0.15) is 29.8 Å². The average molecular weight is 392 g/mol. The molecule has 2 N–H and O–H groups in total. The van der Waals surface area contributed by atoms with Crippen LogP contribution in [-0.2, 0) is 4.79 Å². The molecule has 26 heavy (non-hydrogen) atoms. The summed E-state index contributed by atoms with van der Waals surface area (Å²) in [5.74, 6) is -0.891. The van der Waals surface area contributed by atoms with Crippen molar-refractivity contribution in [3.05, 3.63) is 69.7 Å². The number of benzene rings is 2. The van der Waals surface area contributed by atoms with E-state index in [-0.39, 0.29) is 11.8 Å². The standard InChI is InChI=1S/C19H19Cl2N3O2/c1-12(2)17(23-18(25)13-7-9-15(20)10-8-13)19(26)24-22-11-14-5-3-4-6-16(14)21/h3-12,17H,1-2H3,(H,23,25)(H,24,26)/b22-11+. The highest BCUT2D eigenvalue weighted by molar-refractivity contribution is 6.33. The van der Waals surface area contributed by atoms with Gasteiger partial charge in [0.2, 0.25) is 0 Å². The Kier molecular flexibility index (Phi) is 7.18. The first kappa shape index (κ1) is 19.9. The zero-order valence-electron chi connectivity index (χ0n) is 14.4. The van der Waals surface area contributed by atoms with Gasteiger partial charge in [-0.25, -0.2) is 5.43 Å². The van der Waals surface area contributed by atoms with Crippen molar-refractivity contribution in [3.63, 3.8) is 0 Å². The van der Waals surface area contributed by atoms with E-state index in [0.29, 0.717) is 21.2 Å². The minimum Gasteiger partial charge on any atom is -0.340 e. The van der Waals surface area contributed by atoms with Crippen molar-refractivity contribution in [2.24, 2.45) is 11.0 Å². The Hall–Kier alpha value is -2.37. The molecule has 0 saturated heterocycles. The summed E-state index contributed by atoms with van der Waals surface area (Å²) in [6, 6.07) is 12.8. The van der Waals surface area contributed by atoms with Gasteiger partial charge in [0.25, 0.3) is 11.8 Å². The van der Waals surface area contributed by atoms with Gasteiger partial charge in [-0.3, -0.25) is 9.59 Å². The summed E-state index contributed by atoms with van der Waals surface area (Å²) >= 11 is 11.9. The monoisotopic (exact) mass is 391 g/mol. The SMILES string of the molecule is CC(C)C(NC(=O)c1ccc(Cl)cc1)C(=O)N/N=C/c1ccccc1Cl. The molecule has 0 aromatic heterocycles. The van der Waals surface area contributed by atoms with E-state index in [4.69, 9.17) is 23.2 Å². The molecule has 1 atom stereocenters. The quantitative estimate of drug-likeness (QED) is 0.578. The summed E-state index contributed by atoms with van der Waals surface area (Å²) in [4.78, 5) is 24.7. The number of halogens is 2. The lowest BCUT2D eigenvalue weighted by Crippen LogP contribution is -2.48. The average Bonchev–Trinajstić information content (AvgIpc) is 2.61. The zero-order valence-corrected chi connectivity index (χ0v) is 15.9. The Labute approximate surface area is 162 Å². The summed E-state index contributed by atoms with van der Waals surface area (Å²) < 4.78 is 0. The molecular weight excluding hydrogens is 373 g/mol. The fraction of sp³-hybridized carbons (Fsp3) is 0.211. The first-order valence-corrected chi connectivity index (χ1v) is 8.78. The maximum Gasteiger partial charge on any atom is 0.262 e. The molecule has 2 rings (SSSR count).